The molecule has 7 heteroatoms. The molecular formula is C27H32N4O3. The molecule has 2 heterocycles. The number of likely N-dealkylation sites (tertiary alicyclic amines) is 1. The molecule has 1 N–H and O–H groups in total. The van der Waals surface area contributed by atoms with Crippen LogP contribution in [0.3, 0.4) is 0 Å². The van der Waals surface area contributed by atoms with Gasteiger partial charge in [-0.1, -0.05) is 24.3 Å². The van der Waals surface area contributed by atoms with E-state index in [2.05, 4.69) is 34.0 Å². The second-order valence-corrected chi connectivity index (χ2v) is 8.60. The number of nitrogens with one attached hydrogen (secondary N) is 1. The summed E-state index contributed by atoms with van der Waals surface area (Å²) < 4.78 is 11.4. The number of H-pyrrole nitrogens is 1. The van der Waals surface area contributed by atoms with E-state index >= 15 is 0 Å². The number of rotatable bonds is 9. The molecule has 2 aromatic carbocycles. The first-order chi connectivity index (χ1) is 16.6. The van der Waals surface area contributed by atoms with Gasteiger partial charge >= 0.3 is 0 Å². The number of methoxy groups -OCH3 is 1. The molecule has 1 aromatic heterocycles. The highest BCUT2D eigenvalue weighted by Gasteiger charge is 2.23. The van der Waals surface area contributed by atoms with Crippen LogP contribution in [-0.4, -0.2) is 59.0 Å². The van der Waals surface area contributed by atoms with Crippen molar-refractivity contribution in [1.82, 2.24) is 19.8 Å². The molecule has 0 atom stereocenters. The van der Waals surface area contributed by atoms with Crippen LogP contribution in [0, 0.1) is 0 Å². The Hall–Kier alpha value is -3.58. The quantitative estimate of drug-likeness (QED) is 0.486. The van der Waals surface area contributed by atoms with Crippen molar-refractivity contribution in [2.24, 2.45) is 0 Å². The van der Waals surface area contributed by atoms with Crippen molar-refractivity contribution in [3.8, 4) is 11.5 Å². The molecule has 1 fully saturated rings. The van der Waals surface area contributed by atoms with E-state index in [9.17, 15) is 4.79 Å². The molecule has 0 bridgehead atoms. The van der Waals surface area contributed by atoms with Gasteiger partial charge in [0.25, 0.3) is 0 Å². The molecule has 0 saturated carbocycles. The fourth-order valence-corrected chi connectivity index (χ4v) is 4.10. The van der Waals surface area contributed by atoms with Crippen molar-refractivity contribution in [3.63, 3.8) is 0 Å². The standard InChI is InChI=1S/C27H32N4O3/c1-30(20-26-28-14-15-29-26)19-22-4-3-5-25(18-22)34-24-12-16-31(17-13-24)27(32)11-8-21-6-9-23(33-2)10-7-21/h3-11,14-15,18,24H,12-13,16-17,19-20H2,1-2H3,(H,28,29)/b11-8+. The van der Waals surface area contributed by atoms with Crippen LogP contribution in [0.1, 0.15) is 29.8 Å². The maximum absolute atomic E-state index is 12.6. The number of benzene rings is 2. The summed E-state index contributed by atoms with van der Waals surface area (Å²) in [5, 5.41) is 0. The molecule has 0 radical (unpaired) electrons. The minimum Gasteiger partial charge on any atom is -0.497 e. The van der Waals surface area contributed by atoms with E-state index in [0.29, 0.717) is 13.1 Å². The van der Waals surface area contributed by atoms with Crippen LogP contribution in [0.15, 0.2) is 67.0 Å². The van der Waals surface area contributed by atoms with Crippen molar-refractivity contribution in [2.45, 2.75) is 32.0 Å². The van der Waals surface area contributed by atoms with Gasteiger partial charge in [-0.2, -0.15) is 0 Å². The Balaban J connectivity index is 1.23. The number of carbonyl (C=O) groups excluding carboxylic acids is 1. The Morgan fingerprint density at radius 3 is 2.65 bits per heavy atom. The molecular weight excluding hydrogens is 428 g/mol. The number of ether oxygens (including phenoxy) is 2. The highest BCUT2D eigenvalue weighted by molar-refractivity contribution is 5.91. The first-order valence-corrected chi connectivity index (χ1v) is 11.6. The Labute approximate surface area is 201 Å². The lowest BCUT2D eigenvalue weighted by atomic mass is 10.1. The number of piperidine rings is 1. The van der Waals surface area contributed by atoms with Gasteiger partial charge in [-0.15, -0.1) is 0 Å². The van der Waals surface area contributed by atoms with E-state index in [1.807, 2.05) is 53.6 Å². The molecule has 1 aliphatic heterocycles. The van der Waals surface area contributed by atoms with Crippen molar-refractivity contribution >= 4 is 12.0 Å². The Bertz CT molecular complexity index is 1070. The molecule has 34 heavy (non-hydrogen) atoms. The van der Waals surface area contributed by atoms with E-state index in [0.717, 1.165) is 48.8 Å². The van der Waals surface area contributed by atoms with Crippen LogP contribution < -0.4 is 9.47 Å². The topological polar surface area (TPSA) is 70.7 Å². The Morgan fingerprint density at radius 2 is 1.94 bits per heavy atom. The Morgan fingerprint density at radius 1 is 1.15 bits per heavy atom. The van der Waals surface area contributed by atoms with Gasteiger partial charge in [0.2, 0.25) is 5.91 Å². The van der Waals surface area contributed by atoms with Gasteiger partial charge in [-0.3, -0.25) is 9.69 Å². The van der Waals surface area contributed by atoms with Crippen LogP contribution in [0.2, 0.25) is 0 Å². The zero-order valence-electron chi connectivity index (χ0n) is 19.8. The number of hydrogen-bond donors (Lipinski definition) is 1. The average Bonchev–Trinajstić information content (AvgIpc) is 3.36. The minimum absolute atomic E-state index is 0.0378. The van der Waals surface area contributed by atoms with Crippen molar-refractivity contribution in [1.29, 1.82) is 0 Å². The van der Waals surface area contributed by atoms with Gasteiger partial charge in [0.15, 0.2) is 0 Å². The summed E-state index contributed by atoms with van der Waals surface area (Å²) in [7, 11) is 3.72. The highest BCUT2D eigenvalue weighted by Crippen LogP contribution is 2.21. The highest BCUT2D eigenvalue weighted by atomic mass is 16.5. The lowest BCUT2D eigenvalue weighted by Crippen LogP contribution is -2.41. The van der Waals surface area contributed by atoms with Crippen LogP contribution in [-0.2, 0) is 17.9 Å². The number of aromatic nitrogens is 2. The summed E-state index contributed by atoms with van der Waals surface area (Å²) in [6, 6.07) is 15.9. The summed E-state index contributed by atoms with van der Waals surface area (Å²) in [5.41, 5.74) is 2.17. The molecule has 1 saturated heterocycles. The third-order valence-electron chi connectivity index (χ3n) is 5.92. The van der Waals surface area contributed by atoms with Gasteiger partial charge in [0, 0.05) is 50.9 Å². The van der Waals surface area contributed by atoms with Crippen LogP contribution in [0.4, 0.5) is 0 Å². The molecule has 4 rings (SSSR count). The molecule has 0 aliphatic carbocycles. The summed E-state index contributed by atoms with van der Waals surface area (Å²) in [6.45, 7) is 2.97. The third kappa shape index (κ3) is 6.71. The van der Waals surface area contributed by atoms with E-state index in [4.69, 9.17) is 9.47 Å². The van der Waals surface area contributed by atoms with E-state index < -0.39 is 0 Å². The van der Waals surface area contributed by atoms with E-state index in [1.165, 1.54) is 5.56 Å². The molecule has 1 amide bonds. The largest absolute Gasteiger partial charge is 0.497 e. The third-order valence-corrected chi connectivity index (χ3v) is 5.92. The summed E-state index contributed by atoms with van der Waals surface area (Å²) in [5.74, 6) is 2.68. The molecule has 178 valence electrons. The zero-order chi connectivity index (χ0) is 23.8. The summed E-state index contributed by atoms with van der Waals surface area (Å²) in [4.78, 5) is 24.1. The molecule has 0 unspecified atom stereocenters. The fourth-order valence-electron chi connectivity index (χ4n) is 4.10. The van der Waals surface area contributed by atoms with Gasteiger partial charge in [0.1, 0.15) is 23.4 Å². The van der Waals surface area contributed by atoms with E-state index in [1.54, 1.807) is 19.4 Å². The van der Waals surface area contributed by atoms with Gasteiger partial charge in [-0.05, 0) is 48.5 Å². The SMILES string of the molecule is COc1ccc(/C=C/C(=O)N2CCC(Oc3cccc(CN(C)Cc4ncc[nH]4)c3)CC2)cc1. The Kier molecular flexibility index (Phi) is 7.99. The van der Waals surface area contributed by atoms with Gasteiger partial charge in [0.05, 0.1) is 13.7 Å². The molecule has 3 aromatic rings. The minimum atomic E-state index is 0.0378. The summed E-state index contributed by atoms with van der Waals surface area (Å²) in [6.07, 6.45) is 8.87. The fraction of sp³-hybridized carbons (Fsp3) is 0.333. The lowest BCUT2D eigenvalue weighted by Gasteiger charge is -2.31. The summed E-state index contributed by atoms with van der Waals surface area (Å²) >= 11 is 0. The molecule has 1 aliphatic rings. The number of hydrogen-bond acceptors (Lipinski definition) is 5. The smallest absolute Gasteiger partial charge is 0.246 e. The second kappa shape index (κ2) is 11.5. The number of imidazole rings is 1. The first kappa shape index (κ1) is 23.6. The van der Waals surface area contributed by atoms with E-state index in [-0.39, 0.29) is 12.0 Å². The number of amides is 1. The lowest BCUT2D eigenvalue weighted by molar-refractivity contribution is -0.127. The predicted molar refractivity (Wildman–Crippen MR) is 132 cm³/mol. The maximum atomic E-state index is 12.6. The average molecular weight is 461 g/mol. The van der Waals surface area contributed by atoms with Gasteiger partial charge < -0.3 is 19.4 Å². The van der Waals surface area contributed by atoms with Crippen LogP contribution in [0.5, 0.6) is 11.5 Å². The number of nitrogens with zero attached hydrogens (tertiary/aromatic N) is 3. The van der Waals surface area contributed by atoms with Crippen molar-refractivity contribution in [3.05, 3.63) is 84.0 Å². The molecule has 7 nitrogen and oxygen atoms in total. The predicted octanol–water partition coefficient (Wildman–Crippen LogP) is 4.13. The first-order valence-electron chi connectivity index (χ1n) is 11.6. The van der Waals surface area contributed by atoms with Crippen LogP contribution >= 0.6 is 0 Å². The van der Waals surface area contributed by atoms with Gasteiger partial charge in [-0.25, -0.2) is 4.98 Å². The number of carbonyl (C=O) groups is 1. The second-order valence-electron chi connectivity index (χ2n) is 8.60. The number of aromatic amines is 1. The van der Waals surface area contributed by atoms with Crippen molar-refractivity contribution < 1.29 is 14.3 Å². The van der Waals surface area contributed by atoms with Crippen LogP contribution in [0.25, 0.3) is 6.08 Å². The molecule has 0 spiro atoms. The normalized spacial score (nSPS) is 14.6. The van der Waals surface area contributed by atoms with Crippen molar-refractivity contribution in [2.75, 3.05) is 27.2 Å². The monoisotopic (exact) mass is 460 g/mol. The zero-order valence-corrected chi connectivity index (χ0v) is 19.8. The maximum Gasteiger partial charge on any atom is 0.246 e.